The fraction of sp³-hybridized carbons (Fsp3) is 0.750. The molecule has 4 heteroatoms. The molecular weight excluding hydrogens is 200 g/mol. The summed E-state index contributed by atoms with van der Waals surface area (Å²) >= 11 is 0. The van der Waals surface area contributed by atoms with Crippen LogP contribution in [0.2, 0.25) is 0 Å². The van der Waals surface area contributed by atoms with Gasteiger partial charge in [0.25, 0.3) is 0 Å². The topological polar surface area (TPSA) is 52.7 Å². The molecule has 1 aromatic heterocycles. The van der Waals surface area contributed by atoms with E-state index in [1.54, 1.807) is 0 Å². The predicted octanol–water partition coefficient (Wildman–Crippen LogP) is 0.911. The number of nitrogens with one attached hydrogen (secondary N) is 3. The van der Waals surface area contributed by atoms with Crippen LogP contribution in [0.15, 0.2) is 0 Å². The molecule has 0 aromatic carbocycles. The largest absolute Gasteiger partial charge is 0.315 e. The van der Waals surface area contributed by atoms with Gasteiger partial charge in [-0.15, -0.1) is 0 Å². The first-order valence-corrected chi connectivity index (χ1v) is 6.22. The van der Waals surface area contributed by atoms with E-state index in [0.717, 1.165) is 37.8 Å². The molecule has 4 nitrogen and oxygen atoms in total. The van der Waals surface area contributed by atoms with Gasteiger partial charge in [-0.1, -0.05) is 0 Å². The maximum absolute atomic E-state index is 4.20. The summed E-state index contributed by atoms with van der Waals surface area (Å²) in [6.45, 7) is 7.34. The molecule has 1 aromatic rings. The Bertz CT molecular complexity index is 308. The molecule has 0 bridgehead atoms. The fourth-order valence-corrected chi connectivity index (χ4v) is 1.93. The minimum absolute atomic E-state index is 0.820. The molecule has 1 fully saturated rings. The van der Waals surface area contributed by atoms with Crippen LogP contribution in [0, 0.1) is 13.8 Å². The molecule has 16 heavy (non-hydrogen) atoms. The van der Waals surface area contributed by atoms with E-state index in [2.05, 4.69) is 34.7 Å². The normalized spacial score (nSPS) is 15.6. The van der Waals surface area contributed by atoms with Crippen molar-refractivity contribution < 1.29 is 0 Å². The van der Waals surface area contributed by atoms with E-state index >= 15 is 0 Å². The third-order valence-corrected chi connectivity index (χ3v) is 3.14. The molecule has 3 N–H and O–H groups in total. The molecule has 0 saturated heterocycles. The number of hydrogen-bond acceptors (Lipinski definition) is 3. The Kier molecular flexibility index (Phi) is 3.96. The second kappa shape index (κ2) is 5.46. The Balaban J connectivity index is 1.56. The molecule has 1 aliphatic rings. The van der Waals surface area contributed by atoms with Crippen molar-refractivity contribution >= 4 is 0 Å². The highest BCUT2D eigenvalue weighted by Crippen LogP contribution is 2.17. The van der Waals surface area contributed by atoms with Gasteiger partial charge in [0.1, 0.15) is 0 Å². The second-order valence-electron chi connectivity index (χ2n) is 4.64. The SMILES string of the molecule is Cc1n[nH]c(C)c1CCNCCNC1CC1. The predicted molar refractivity (Wildman–Crippen MR) is 65.7 cm³/mol. The molecule has 2 rings (SSSR count). The molecule has 0 atom stereocenters. The highest BCUT2D eigenvalue weighted by Gasteiger charge is 2.19. The van der Waals surface area contributed by atoms with E-state index in [9.17, 15) is 0 Å². The zero-order valence-corrected chi connectivity index (χ0v) is 10.3. The van der Waals surface area contributed by atoms with Gasteiger partial charge in [0.2, 0.25) is 0 Å². The molecule has 1 aliphatic carbocycles. The van der Waals surface area contributed by atoms with Crippen molar-refractivity contribution in [3.05, 3.63) is 17.0 Å². The average Bonchev–Trinajstić information content (AvgIpc) is 3.03. The molecule has 0 aliphatic heterocycles. The van der Waals surface area contributed by atoms with E-state index in [1.165, 1.54) is 24.1 Å². The van der Waals surface area contributed by atoms with Gasteiger partial charge in [-0.25, -0.2) is 0 Å². The Labute approximate surface area is 97.2 Å². The molecule has 0 unspecified atom stereocenters. The Morgan fingerprint density at radius 1 is 1.25 bits per heavy atom. The van der Waals surface area contributed by atoms with E-state index in [-0.39, 0.29) is 0 Å². The van der Waals surface area contributed by atoms with Crippen molar-refractivity contribution in [1.29, 1.82) is 0 Å². The lowest BCUT2D eigenvalue weighted by molar-refractivity contribution is 0.608. The van der Waals surface area contributed by atoms with E-state index in [4.69, 9.17) is 0 Å². The molecular formula is C12H22N4. The molecule has 0 radical (unpaired) electrons. The number of nitrogens with zero attached hydrogens (tertiary/aromatic N) is 1. The first kappa shape index (κ1) is 11.6. The fourth-order valence-electron chi connectivity index (χ4n) is 1.93. The van der Waals surface area contributed by atoms with Gasteiger partial charge in [0, 0.05) is 24.8 Å². The lowest BCUT2D eigenvalue weighted by Crippen LogP contribution is -2.29. The molecule has 1 saturated carbocycles. The van der Waals surface area contributed by atoms with Crippen molar-refractivity contribution in [2.75, 3.05) is 19.6 Å². The molecule has 0 spiro atoms. The van der Waals surface area contributed by atoms with Gasteiger partial charge in [0.15, 0.2) is 0 Å². The van der Waals surface area contributed by atoms with Crippen molar-refractivity contribution in [1.82, 2.24) is 20.8 Å². The van der Waals surface area contributed by atoms with Gasteiger partial charge in [-0.3, -0.25) is 5.10 Å². The molecule has 1 heterocycles. The van der Waals surface area contributed by atoms with Crippen LogP contribution < -0.4 is 10.6 Å². The van der Waals surface area contributed by atoms with Crippen LogP contribution in [0.25, 0.3) is 0 Å². The van der Waals surface area contributed by atoms with Gasteiger partial charge in [-0.2, -0.15) is 5.10 Å². The molecule has 90 valence electrons. The van der Waals surface area contributed by atoms with Crippen LogP contribution in [0.5, 0.6) is 0 Å². The van der Waals surface area contributed by atoms with Crippen LogP contribution >= 0.6 is 0 Å². The third kappa shape index (κ3) is 3.32. The number of aryl methyl sites for hydroxylation is 2. The smallest absolute Gasteiger partial charge is 0.0626 e. The zero-order valence-electron chi connectivity index (χ0n) is 10.3. The number of aromatic amines is 1. The van der Waals surface area contributed by atoms with Crippen LogP contribution in [0.4, 0.5) is 0 Å². The number of hydrogen-bond donors (Lipinski definition) is 3. The van der Waals surface area contributed by atoms with Crippen LogP contribution in [-0.2, 0) is 6.42 Å². The van der Waals surface area contributed by atoms with E-state index in [1.807, 2.05) is 0 Å². The van der Waals surface area contributed by atoms with Crippen molar-refractivity contribution in [3.8, 4) is 0 Å². The van der Waals surface area contributed by atoms with Gasteiger partial charge in [-0.05, 0) is 45.2 Å². The number of H-pyrrole nitrogens is 1. The van der Waals surface area contributed by atoms with Crippen molar-refractivity contribution in [2.45, 2.75) is 39.2 Å². The van der Waals surface area contributed by atoms with Crippen molar-refractivity contribution in [3.63, 3.8) is 0 Å². The van der Waals surface area contributed by atoms with E-state index < -0.39 is 0 Å². The zero-order chi connectivity index (χ0) is 11.4. The summed E-state index contributed by atoms with van der Waals surface area (Å²) in [6, 6.07) is 0.820. The minimum atomic E-state index is 0.820. The summed E-state index contributed by atoms with van der Waals surface area (Å²) < 4.78 is 0. The second-order valence-corrected chi connectivity index (χ2v) is 4.64. The summed E-state index contributed by atoms with van der Waals surface area (Å²) in [5.41, 5.74) is 3.70. The lowest BCUT2D eigenvalue weighted by atomic mass is 10.1. The highest BCUT2D eigenvalue weighted by molar-refractivity contribution is 5.23. The maximum atomic E-state index is 4.20. The monoisotopic (exact) mass is 222 g/mol. The molecule has 0 amide bonds. The Hall–Kier alpha value is -0.870. The van der Waals surface area contributed by atoms with Crippen molar-refractivity contribution in [2.24, 2.45) is 0 Å². The van der Waals surface area contributed by atoms with Gasteiger partial charge in [0.05, 0.1) is 5.69 Å². The van der Waals surface area contributed by atoms with Gasteiger partial charge < -0.3 is 10.6 Å². The Morgan fingerprint density at radius 3 is 2.69 bits per heavy atom. The van der Waals surface area contributed by atoms with Crippen LogP contribution in [0.3, 0.4) is 0 Å². The number of aromatic nitrogens is 2. The number of rotatable bonds is 7. The van der Waals surface area contributed by atoms with Crippen LogP contribution in [0.1, 0.15) is 29.8 Å². The first-order valence-electron chi connectivity index (χ1n) is 6.22. The summed E-state index contributed by atoms with van der Waals surface area (Å²) in [5, 5.41) is 14.2. The average molecular weight is 222 g/mol. The van der Waals surface area contributed by atoms with Gasteiger partial charge >= 0.3 is 0 Å². The first-order chi connectivity index (χ1) is 7.77. The summed E-state index contributed by atoms with van der Waals surface area (Å²) in [5.74, 6) is 0. The lowest BCUT2D eigenvalue weighted by Gasteiger charge is -2.05. The maximum Gasteiger partial charge on any atom is 0.0626 e. The summed E-state index contributed by atoms with van der Waals surface area (Å²) in [7, 11) is 0. The summed E-state index contributed by atoms with van der Waals surface area (Å²) in [6.07, 6.45) is 3.80. The third-order valence-electron chi connectivity index (χ3n) is 3.14. The highest BCUT2D eigenvalue weighted by atomic mass is 15.1. The Morgan fingerprint density at radius 2 is 2.06 bits per heavy atom. The minimum Gasteiger partial charge on any atom is -0.315 e. The quantitative estimate of drug-likeness (QED) is 0.601. The summed E-state index contributed by atoms with van der Waals surface area (Å²) in [4.78, 5) is 0. The van der Waals surface area contributed by atoms with E-state index in [0.29, 0.717) is 0 Å². The van der Waals surface area contributed by atoms with Crippen LogP contribution in [-0.4, -0.2) is 35.9 Å². The standard InChI is InChI=1S/C12H22N4/c1-9-12(10(2)16-15-9)5-6-13-7-8-14-11-3-4-11/h11,13-14H,3-8H2,1-2H3,(H,15,16).